The van der Waals surface area contributed by atoms with E-state index in [1.807, 2.05) is 0 Å². The van der Waals surface area contributed by atoms with Gasteiger partial charge in [0.2, 0.25) is 0 Å². The zero-order valence-electron chi connectivity index (χ0n) is 14.9. The van der Waals surface area contributed by atoms with Crippen LogP contribution in [-0.2, 0) is 14.3 Å². The lowest BCUT2D eigenvalue weighted by molar-refractivity contribution is -0.384. The van der Waals surface area contributed by atoms with Crippen LogP contribution in [0.1, 0.15) is 44.0 Å². The normalized spacial score (nSPS) is 27.8. The van der Waals surface area contributed by atoms with E-state index in [1.54, 1.807) is 20.8 Å². The molecule has 2 unspecified atom stereocenters. The van der Waals surface area contributed by atoms with Gasteiger partial charge in [-0.05, 0) is 31.9 Å². The van der Waals surface area contributed by atoms with Crippen LogP contribution in [0.2, 0.25) is 5.02 Å². The maximum Gasteiger partial charge on any atom is 0.313 e. The predicted molar refractivity (Wildman–Crippen MR) is 93.7 cm³/mol. The summed E-state index contributed by atoms with van der Waals surface area (Å²) in [7, 11) is 0. The van der Waals surface area contributed by atoms with Gasteiger partial charge >= 0.3 is 5.97 Å². The lowest BCUT2D eigenvalue weighted by Gasteiger charge is -2.35. The Morgan fingerprint density at radius 3 is 2.41 bits per heavy atom. The van der Waals surface area contributed by atoms with Crippen molar-refractivity contribution < 1.29 is 24.0 Å². The highest BCUT2D eigenvalue weighted by atomic mass is 35.5. The summed E-state index contributed by atoms with van der Waals surface area (Å²) in [5.74, 6) is -1.84. The van der Waals surface area contributed by atoms with Gasteiger partial charge in [-0.2, -0.15) is 0 Å². The number of rotatable bonds is 3. The standard InChI is InChI=1S/C17H18ClN3O6/c1-15(2)16(3)6-7-17(15,27-14(16)24)13(23)20-19-12(22)9-4-5-10(18)11(8-9)21(25)26/h4-5,8H,6-7H2,1-3H3,(H,19,22)(H,20,23). The Morgan fingerprint density at radius 1 is 1.22 bits per heavy atom. The molecule has 10 heteroatoms. The number of carbonyl (C=O) groups is 3. The number of hydrogen-bond donors (Lipinski definition) is 2. The minimum absolute atomic E-state index is 0.0529. The van der Waals surface area contributed by atoms with Crippen molar-refractivity contribution in [1.82, 2.24) is 10.9 Å². The van der Waals surface area contributed by atoms with Gasteiger partial charge in [0.25, 0.3) is 17.5 Å². The molecule has 0 aromatic heterocycles. The van der Waals surface area contributed by atoms with Crippen molar-refractivity contribution in [3.8, 4) is 0 Å². The first kappa shape index (κ1) is 19.1. The number of amides is 2. The average Bonchev–Trinajstić information content (AvgIpc) is 2.89. The minimum Gasteiger partial charge on any atom is -0.448 e. The summed E-state index contributed by atoms with van der Waals surface area (Å²) >= 11 is 5.72. The molecule has 0 radical (unpaired) electrons. The van der Waals surface area contributed by atoms with Crippen LogP contribution in [0.5, 0.6) is 0 Å². The van der Waals surface area contributed by atoms with Crippen LogP contribution in [-0.4, -0.2) is 28.3 Å². The van der Waals surface area contributed by atoms with E-state index in [0.29, 0.717) is 12.8 Å². The van der Waals surface area contributed by atoms with Crippen LogP contribution in [0, 0.1) is 20.9 Å². The third-order valence-electron chi connectivity index (χ3n) is 6.14. The number of ether oxygens (including phenoxy) is 1. The Morgan fingerprint density at radius 2 is 1.89 bits per heavy atom. The lowest BCUT2D eigenvalue weighted by Crippen LogP contribution is -2.57. The molecular formula is C17H18ClN3O6. The van der Waals surface area contributed by atoms with Gasteiger partial charge in [-0.3, -0.25) is 35.3 Å². The van der Waals surface area contributed by atoms with Crippen LogP contribution in [0.3, 0.4) is 0 Å². The Balaban J connectivity index is 1.75. The molecule has 144 valence electrons. The molecule has 1 aliphatic heterocycles. The number of benzene rings is 1. The minimum atomic E-state index is -1.38. The summed E-state index contributed by atoms with van der Waals surface area (Å²) < 4.78 is 5.42. The number of carbonyl (C=O) groups excluding carboxylic acids is 3. The van der Waals surface area contributed by atoms with E-state index < -0.39 is 44.8 Å². The fraction of sp³-hybridized carbons (Fsp3) is 0.471. The van der Waals surface area contributed by atoms with Crippen molar-refractivity contribution in [3.05, 3.63) is 38.9 Å². The number of halogens is 1. The second kappa shape index (κ2) is 5.91. The van der Waals surface area contributed by atoms with Crippen LogP contribution in [0.25, 0.3) is 0 Å². The Labute approximate surface area is 159 Å². The van der Waals surface area contributed by atoms with Gasteiger partial charge in [-0.25, -0.2) is 0 Å². The number of nitro groups is 1. The average molecular weight is 396 g/mol. The second-order valence-electron chi connectivity index (χ2n) is 7.51. The van der Waals surface area contributed by atoms with Crippen LogP contribution >= 0.6 is 11.6 Å². The van der Waals surface area contributed by atoms with Crippen LogP contribution in [0.4, 0.5) is 5.69 Å². The van der Waals surface area contributed by atoms with E-state index in [-0.39, 0.29) is 10.6 Å². The lowest BCUT2D eigenvalue weighted by atomic mass is 9.66. The fourth-order valence-electron chi connectivity index (χ4n) is 3.83. The molecule has 1 heterocycles. The Bertz CT molecular complexity index is 885. The molecule has 1 aliphatic carbocycles. The summed E-state index contributed by atoms with van der Waals surface area (Å²) in [6.45, 7) is 5.34. The number of hydrazine groups is 1. The first-order valence-corrected chi connectivity index (χ1v) is 8.62. The highest BCUT2D eigenvalue weighted by Gasteiger charge is 2.75. The van der Waals surface area contributed by atoms with E-state index in [1.165, 1.54) is 12.1 Å². The van der Waals surface area contributed by atoms with Gasteiger partial charge in [0.15, 0.2) is 5.60 Å². The number of nitro benzene ring substituents is 1. The van der Waals surface area contributed by atoms with Crippen LogP contribution < -0.4 is 10.9 Å². The molecule has 1 aromatic carbocycles. The summed E-state index contributed by atoms with van der Waals surface area (Å²) in [6, 6.07) is 3.52. The zero-order valence-corrected chi connectivity index (χ0v) is 15.7. The van der Waals surface area contributed by atoms with Crippen molar-refractivity contribution in [2.75, 3.05) is 0 Å². The highest BCUT2D eigenvalue weighted by molar-refractivity contribution is 6.32. The number of esters is 1. The molecule has 1 aromatic rings. The molecule has 2 bridgehead atoms. The summed E-state index contributed by atoms with van der Waals surface area (Å²) in [5.41, 5.74) is 1.10. The smallest absolute Gasteiger partial charge is 0.313 e. The third-order valence-corrected chi connectivity index (χ3v) is 6.46. The van der Waals surface area contributed by atoms with E-state index in [0.717, 1.165) is 6.07 Å². The number of nitrogens with zero attached hydrogens (tertiary/aromatic N) is 1. The Hall–Kier alpha value is -2.68. The first-order valence-electron chi connectivity index (χ1n) is 8.24. The zero-order chi connectivity index (χ0) is 20.2. The molecule has 2 aliphatic rings. The van der Waals surface area contributed by atoms with Crippen LogP contribution in [0.15, 0.2) is 18.2 Å². The van der Waals surface area contributed by atoms with Crippen molar-refractivity contribution in [2.45, 2.75) is 39.2 Å². The Kier molecular flexibility index (Phi) is 4.18. The SMILES string of the molecule is CC12CCC(C(=O)NNC(=O)c3ccc(Cl)c([N+](=O)[O-])c3)(OC1=O)C2(C)C. The summed E-state index contributed by atoms with van der Waals surface area (Å²) in [6.07, 6.45) is 0.847. The van der Waals surface area contributed by atoms with Gasteiger partial charge in [0.1, 0.15) is 5.02 Å². The second-order valence-corrected chi connectivity index (χ2v) is 7.91. The molecule has 1 saturated carbocycles. The highest BCUT2D eigenvalue weighted by Crippen LogP contribution is 2.65. The molecule has 2 N–H and O–H groups in total. The quantitative estimate of drug-likeness (QED) is 0.458. The largest absolute Gasteiger partial charge is 0.448 e. The van der Waals surface area contributed by atoms with E-state index in [2.05, 4.69) is 10.9 Å². The fourth-order valence-corrected chi connectivity index (χ4v) is 4.01. The third kappa shape index (κ3) is 2.48. The van der Waals surface area contributed by atoms with E-state index >= 15 is 0 Å². The topological polar surface area (TPSA) is 128 Å². The number of fused-ring (bicyclic) bond motifs is 2. The molecule has 0 spiro atoms. The van der Waals surface area contributed by atoms with Crippen molar-refractivity contribution in [2.24, 2.45) is 10.8 Å². The van der Waals surface area contributed by atoms with Crippen molar-refractivity contribution in [1.29, 1.82) is 0 Å². The summed E-state index contributed by atoms with van der Waals surface area (Å²) in [5, 5.41) is 10.8. The monoisotopic (exact) mass is 395 g/mol. The van der Waals surface area contributed by atoms with Gasteiger partial charge in [-0.15, -0.1) is 0 Å². The first-order chi connectivity index (χ1) is 12.5. The molecule has 2 fully saturated rings. The van der Waals surface area contributed by atoms with E-state index in [4.69, 9.17) is 16.3 Å². The predicted octanol–water partition coefficient (Wildman–Crippen LogP) is 2.13. The van der Waals surface area contributed by atoms with Gasteiger partial charge < -0.3 is 4.74 Å². The maximum atomic E-state index is 12.8. The number of nitrogens with one attached hydrogen (secondary N) is 2. The molecule has 9 nitrogen and oxygen atoms in total. The molecule has 2 atom stereocenters. The number of hydrogen-bond acceptors (Lipinski definition) is 6. The summed E-state index contributed by atoms with van der Waals surface area (Å²) in [4.78, 5) is 47.4. The van der Waals surface area contributed by atoms with Crippen molar-refractivity contribution >= 4 is 35.1 Å². The van der Waals surface area contributed by atoms with Gasteiger partial charge in [0.05, 0.1) is 10.3 Å². The molecular weight excluding hydrogens is 378 g/mol. The van der Waals surface area contributed by atoms with E-state index in [9.17, 15) is 24.5 Å². The maximum absolute atomic E-state index is 12.8. The molecule has 1 saturated heterocycles. The molecule has 3 rings (SSSR count). The van der Waals surface area contributed by atoms with Gasteiger partial charge in [0, 0.05) is 17.0 Å². The molecule has 27 heavy (non-hydrogen) atoms. The van der Waals surface area contributed by atoms with Crippen molar-refractivity contribution in [3.63, 3.8) is 0 Å². The van der Waals surface area contributed by atoms with Gasteiger partial charge in [-0.1, -0.05) is 25.4 Å². The molecule has 2 amide bonds.